The lowest BCUT2D eigenvalue weighted by atomic mass is 10.2. The van der Waals surface area contributed by atoms with E-state index in [9.17, 15) is 17.6 Å². The van der Waals surface area contributed by atoms with Gasteiger partial charge in [-0.1, -0.05) is 0 Å². The van der Waals surface area contributed by atoms with E-state index in [1.165, 1.54) is 18.2 Å². The van der Waals surface area contributed by atoms with E-state index in [1.54, 1.807) is 0 Å². The molecule has 1 aromatic carbocycles. The zero-order chi connectivity index (χ0) is 14.0. The first-order chi connectivity index (χ1) is 8.90. The number of benzene rings is 1. The van der Waals surface area contributed by atoms with Crippen molar-refractivity contribution >= 4 is 31.7 Å². The largest absolute Gasteiger partial charge is 0.351 e. The Bertz CT molecular complexity index is 603. The van der Waals surface area contributed by atoms with Crippen LogP contribution in [0.3, 0.4) is 0 Å². The molecule has 1 amide bonds. The molecule has 0 saturated carbocycles. The van der Waals surface area contributed by atoms with Crippen LogP contribution in [0.5, 0.6) is 0 Å². The summed E-state index contributed by atoms with van der Waals surface area (Å²) in [5.74, 6) is -0.659. The van der Waals surface area contributed by atoms with Gasteiger partial charge in [-0.2, -0.15) is 0 Å². The summed E-state index contributed by atoms with van der Waals surface area (Å²) >= 11 is 3.00. The van der Waals surface area contributed by atoms with Gasteiger partial charge in [-0.05, 0) is 47.0 Å². The summed E-state index contributed by atoms with van der Waals surface area (Å²) in [6.45, 7) is 0.107. The normalized spacial score (nSPS) is 21.3. The molecule has 1 unspecified atom stereocenters. The summed E-state index contributed by atoms with van der Waals surface area (Å²) in [6, 6.07) is 3.91. The molecule has 104 valence electrons. The van der Waals surface area contributed by atoms with Crippen LogP contribution in [-0.2, 0) is 9.84 Å². The van der Waals surface area contributed by atoms with Crippen LogP contribution in [0.1, 0.15) is 23.2 Å². The number of nitrogens with one attached hydrogen (secondary N) is 1. The van der Waals surface area contributed by atoms with Gasteiger partial charge in [-0.3, -0.25) is 4.79 Å². The number of rotatable bonds is 3. The Morgan fingerprint density at radius 1 is 1.47 bits per heavy atom. The number of hydrogen-bond acceptors (Lipinski definition) is 3. The summed E-state index contributed by atoms with van der Waals surface area (Å²) in [6.07, 6.45) is 1.22. The quantitative estimate of drug-likeness (QED) is 0.906. The van der Waals surface area contributed by atoms with Gasteiger partial charge in [0.15, 0.2) is 9.84 Å². The molecule has 1 aliphatic rings. The average molecular weight is 350 g/mol. The van der Waals surface area contributed by atoms with E-state index < -0.39 is 26.8 Å². The highest BCUT2D eigenvalue weighted by Gasteiger charge is 2.31. The van der Waals surface area contributed by atoms with Crippen molar-refractivity contribution in [1.29, 1.82) is 0 Å². The molecule has 1 aliphatic heterocycles. The molecule has 1 saturated heterocycles. The van der Waals surface area contributed by atoms with Crippen molar-refractivity contribution in [3.8, 4) is 0 Å². The minimum atomic E-state index is -3.06. The Hall–Kier alpha value is -0.950. The minimum absolute atomic E-state index is 0.107. The predicted octanol–water partition coefficient (Wildman–Crippen LogP) is 1.90. The fraction of sp³-hybridized carbons (Fsp3) is 0.417. The van der Waals surface area contributed by atoms with Crippen molar-refractivity contribution in [1.82, 2.24) is 5.32 Å². The van der Waals surface area contributed by atoms with Crippen LogP contribution in [-0.4, -0.2) is 31.9 Å². The Morgan fingerprint density at radius 3 is 2.79 bits per heavy atom. The Morgan fingerprint density at radius 2 is 2.21 bits per heavy atom. The second-order valence-corrected chi connectivity index (χ2v) is 7.73. The molecule has 1 fully saturated rings. The minimum Gasteiger partial charge on any atom is -0.351 e. The lowest BCUT2D eigenvalue weighted by Gasteiger charge is -2.11. The third kappa shape index (κ3) is 3.33. The van der Waals surface area contributed by atoms with Gasteiger partial charge < -0.3 is 5.32 Å². The SMILES string of the molecule is O=C(NCC1CCCS1(=O)=O)c1ccc(F)c(Br)c1. The lowest BCUT2D eigenvalue weighted by molar-refractivity contribution is 0.0953. The Balaban J connectivity index is 2.00. The standard InChI is InChI=1S/C12H13BrFNO3S/c13-10-6-8(3-4-11(10)14)12(16)15-7-9-2-1-5-19(9,17)18/h3-4,6,9H,1-2,5,7H2,(H,15,16). The van der Waals surface area contributed by atoms with Gasteiger partial charge in [0.05, 0.1) is 15.5 Å². The second-order valence-electron chi connectivity index (χ2n) is 4.47. The van der Waals surface area contributed by atoms with Crippen LogP contribution >= 0.6 is 15.9 Å². The van der Waals surface area contributed by atoms with E-state index in [0.717, 1.165) is 0 Å². The van der Waals surface area contributed by atoms with Crippen LogP contribution in [0.25, 0.3) is 0 Å². The molecule has 1 N–H and O–H groups in total. The van der Waals surface area contributed by atoms with Crippen molar-refractivity contribution in [3.63, 3.8) is 0 Å². The van der Waals surface area contributed by atoms with Gasteiger partial charge in [0.1, 0.15) is 5.82 Å². The molecule has 0 radical (unpaired) electrons. The zero-order valence-electron chi connectivity index (χ0n) is 10.0. The van der Waals surface area contributed by atoms with Crippen LogP contribution in [0.4, 0.5) is 4.39 Å². The van der Waals surface area contributed by atoms with Gasteiger partial charge in [0.25, 0.3) is 5.91 Å². The van der Waals surface area contributed by atoms with E-state index in [0.29, 0.717) is 18.4 Å². The second kappa shape index (κ2) is 5.58. The topological polar surface area (TPSA) is 63.2 Å². The van der Waals surface area contributed by atoms with Crippen LogP contribution < -0.4 is 5.32 Å². The summed E-state index contributed by atoms with van der Waals surface area (Å²) in [7, 11) is -3.06. The maximum absolute atomic E-state index is 13.0. The number of carbonyl (C=O) groups excluding carboxylic acids is 1. The van der Waals surface area contributed by atoms with Gasteiger partial charge >= 0.3 is 0 Å². The third-order valence-electron chi connectivity index (χ3n) is 3.13. The molecule has 0 spiro atoms. The van der Waals surface area contributed by atoms with E-state index in [2.05, 4.69) is 21.2 Å². The first kappa shape index (κ1) is 14.5. The summed E-state index contributed by atoms with van der Waals surface area (Å²) < 4.78 is 36.4. The van der Waals surface area contributed by atoms with Crippen molar-refractivity contribution in [2.45, 2.75) is 18.1 Å². The fourth-order valence-corrected chi connectivity index (χ4v) is 4.18. The number of amides is 1. The maximum atomic E-state index is 13.0. The Labute approximate surface area is 119 Å². The summed E-state index contributed by atoms with van der Waals surface area (Å²) in [4.78, 5) is 11.8. The smallest absolute Gasteiger partial charge is 0.251 e. The molecule has 1 atom stereocenters. The van der Waals surface area contributed by atoms with Crippen molar-refractivity contribution < 1.29 is 17.6 Å². The molecule has 0 bridgehead atoms. The Kier molecular flexibility index (Phi) is 4.25. The highest BCUT2D eigenvalue weighted by Crippen LogP contribution is 2.20. The van der Waals surface area contributed by atoms with Crippen molar-refractivity contribution in [2.75, 3.05) is 12.3 Å². The van der Waals surface area contributed by atoms with Crippen LogP contribution in [0, 0.1) is 5.82 Å². The molecule has 1 heterocycles. The molecule has 1 aromatic rings. The molecule has 19 heavy (non-hydrogen) atoms. The third-order valence-corrected chi connectivity index (χ3v) is 6.02. The summed E-state index contributed by atoms with van der Waals surface area (Å²) in [5, 5.41) is 2.08. The molecular weight excluding hydrogens is 337 g/mol. The fourth-order valence-electron chi connectivity index (χ4n) is 2.03. The molecule has 7 heteroatoms. The van der Waals surface area contributed by atoms with E-state index in [1.807, 2.05) is 0 Å². The van der Waals surface area contributed by atoms with E-state index >= 15 is 0 Å². The monoisotopic (exact) mass is 349 g/mol. The number of sulfone groups is 1. The highest BCUT2D eigenvalue weighted by atomic mass is 79.9. The maximum Gasteiger partial charge on any atom is 0.251 e. The van der Waals surface area contributed by atoms with Crippen LogP contribution in [0.15, 0.2) is 22.7 Å². The number of carbonyl (C=O) groups is 1. The van der Waals surface area contributed by atoms with Gasteiger partial charge in [-0.15, -0.1) is 0 Å². The van der Waals surface area contributed by atoms with E-state index in [-0.39, 0.29) is 16.8 Å². The van der Waals surface area contributed by atoms with Crippen molar-refractivity contribution in [2.24, 2.45) is 0 Å². The lowest BCUT2D eigenvalue weighted by Crippen LogP contribution is -2.34. The van der Waals surface area contributed by atoms with Gasteiger partial charge in [0.2, 0.25) is 0 Å². The highest BCUT2D eigenvalue weighted by molar-refractivity contribution is 9.10. The first-order valence-corrected chi connectivity index (χ1v) is 8.36. The van der Waals surface area contributed by atoms with Crippen LogP contribution in [0.2, 0.25) is 0 Å². The van der Waals surface area contributed by atoms with E-state index in [4.69, 9.17) is 0 Å². The number of halogens is 2. The predicted molar refractivity (Wildman–Crippen MR) is 73.2 cm³/mol. The molecular formula is C12H13BrFNO3S. The summed E-state index contributed by atoms with van der Waals surface area (Å²) in [5.41, 5.74) is 0.295. The zero-order valence-corrected chi connectivity index (χ0v) is 12.4. The average Bonchev–Trinajstić information content (AvgIpc) is 2.69. The molecule has 2 rings (SSSR count). The van der Waals surface area contributed by atoms with Gasteiger partial charge in [-0.25, -0.2) is 12.8 Å². The molecule has 4 nitrogen and oxygen atoms in total. The number of hydrogen-bond donors (Lipinski definition) is 1. The van der Waals surface area contributed by atoms with Gasteiger partial charge in [0, 0.05) is 12.1 Å². The molecule has 0 aromatic heterocycles. The molecule has 0 aliphatic carbocycles. The van der Waals surface area contributed by atoms with Crippen molar-refractivity contribution in [3.05, 3.63) is 34.1 Å². The first-order valence-electron chi connectivity index (χ1n) is 5.85.